The number of rotatable bonds is 3. The molecule has 0 saturated heterocycles. The van der Waals surface area contributed by atoms with Crippen LogP contribution in [0.5, 0.6) is 0 Å². The van der Waals surface area contributed by atoms with Crippen molar-refractivity contribution in [3.05, 3.63) is 29.1 Å². The van der Waals surface area contributed by atoms with Crippen molar-refractivity contribution in [3.63, 3.8) is 0 Å². The fraction of sp³-hybridized carbons (Fsp3) is 0.250. The number of aromatic nitrogens is 2. The Bertz CT molecular complexity index is 357. The first-order valence-electron chi connectivity index (χ1n) is 3.61. The highest BCUT2D eigenvalue weighted by Crippen LogP contribution is 2.10. The topological polar surface area (TPSA) is 55.1 Å². The number of hydrogen-bond donors (Lipinski definition) is 1. The first kappa shape index (κ1) is 9.80. The third-order valence-corrected chi connectivity index (χ3v) is 1.67. The summed E-state index contributed by atoms with van der Waals surface area (Å²) in [5, 5.41) is 13.0. The molecule has 0 aliphatic rings. The summed E-state index contributed by atoms with van der Waals surface area (Å²) in [6, 6.07) is 0. The van der Waals surface area contributed by atoms with Crippen molar-refractivity contribution in [1.29, 1.82) is 0 Å². The van der Waals surface area contributed by atoms with Gasteiger partial charge < -0.3 is 5.11 Å². The van der Waals surface area contributed by atoms with Crippen LogP contribution in [0.25, 0.3) is 0 Å². The Morgan fingerprint density at radius 3 is 2.92 bits per heavy atom. The van der Waals surface area contributed by atoms with Gasteiger partial charge in [-0.25, -0.2) is 4.79 Å². The molecule has 1 rings (SSSR count). The minimum atomic E-state index is -1.01. The lowest BCUT2D eigenvalue weighted by Crippen LogP contribution is -2.11. The standard InChI is InChI=1S/C8H9ClN2O2/c1-5-3-10-11(4-6(2)9)7(5)8(12)13/h3H,2,4H2,1H3,(H,12,13). The number of carbonyl (C=O) groups is 1. The van der Waals surface area contributed by atoms with Gasteiger partial charge in [0.05, 0.1) is 12.7 Å². The number of nitrogens with zero attached hydrogens (tertiary/aromatic N) is 2. The van der Waals surface area contributed by atoms with Crippen molar-refractivity contribution in [2.75, 3.05) is 0 Å². The van der Waals surface area contributed by atoms with E-state index < -0.39 is 5.97 Å². The zero-order valence-corrected chi connectivity index (χ0v) is 7.88. The van der Waals surface area contributed by atoms with Gasteiger partial charge in [-0.15, -0.1) is 0 Å². The van der Waals surface area contributed by atoms with Crippen molar-refractivity contribution < 1.29 is 9.90 Å². The fourth-order valence-electron chi connectivity index (χ4n) is 1.04. The monoisotopic (exact) mass is 200 g/mol. The van der Waals surface area contributed by atoms with E-state index in [1.807, 2.05) is 0 Å². The molecule has 4 nitrogen and oxygen atoms in total. The van der Waals surface area contributed by atoms with Crippen LogP contribution in [-0.4, -0.2) is 20.9 Å². The van der Waals surface area contributed by atoms with Crippen LogP contribution >= 0.6 is 11.6 Å². The maximum Gasteiger partial charge on any atom is 0.354 e. The van der Waals surface area contributed by atoms with Gasteiger partial charge in [-0.2, -0.15) is 5.10 Å². The van der Waals surface area contributed by atoms with Gasteiger partial charge in [0.1, 0.15) is 5.69 Å². The summed E-state index contributed by atoms with van der Waals surface area (Å²) in [7, 11) is 0. The van der Waals surface area contributed by atoms with Crippen LogP contribution < -0.4 is 0 Å². The fourth-order valence-corrected chi connectivity index (χ4v) is 1.15. The summed E-state index contributed by atoms with van der Waals surface area (Å²) in [6.07, 6.45) is 1.49. The molecule has 0 amide bonds. The molecule has 70 valence electrons. The van der Waals surface area contributed by atoms with E-state index in [-0.39, 0.29) is 12.2 Å². The van der Waals surface area contributed by atoms with Crippen LogP contribution in [0, 0.1) is 6.92 Å². The number of allylic oxidation sites excluding steroid dienone is 1. The summed E-state index contributed by atoms with van der Waals surface area (Å²) in [6.45, 7) is 5.38. The highest BCUT2D eigenvalue weighted by molar-refractivity contribution is 6.29. The Kier molecular flexibility index (Phi) is 2.72. The number of hydrogen-bond acceptors (Lipinski definition) is 2. The first-order chi connectivity index (χ1) is 6.02. The molecular weight excluding hydrogens is 192 g/mol. The van der Waals surface area contributed by atoms with Crippen molar-refractivity contribution in [2.24, 2.45) is 0 Å². The van der Waals surface area contributed by atoms with E-state index in [1.54, 1.807) is 6.92 Å². The smallest absolute Gasteiger partial charge is 0.354 e. The molecule has 0 aliphatic heterocycles. The van der Waals surface area contributed by atoms with E-state index in [2.05, 4.69) is 11.7 Å². The predicted molar refractivity (Wildman–Crippen MR) is 48.9 cm³/mol. The zero-order chi connectivity index (χ0) is 10.0. The van der Waals surface area contributed by atoms with E-state index in [9.17, 15) is 4.79 Å². The van der Waals surface area contributed by atoms with Gasteiger partial charge in [0.2, 0.25) is 0 Å². The van der Waals surface area contributed by atoms with Gasteiger partial charge in [0.25, 0.3) is 0 Å². The molecule has 1 aromatic heterocycles. The van der Waals surface area contributed by atoms with Gasteiger partial charge in [-0.05, 0) is 6.92 Å². The number of aromatic carboxylic acids is 1. The van der Waals surface area contributed by atoms with Crippen molar-refractivity contribution in [1.82, 2.24) is 9.78 Å². The maximum absolute atomic E-state index is 10.8. The van der Waals surface area contributed by atoms with Gasteiger partial charge in [-0.1, -0.05) is 18.2 Å². The predicted octanol–water partition coefficient (Wildman–Crippen LogP) is 1.64. The molecule has 0 spiro atoms. The lowest BCUT2D eigenvalue weighted by molar-refractivity contribution is 0.0683. The Labute approximate surface area is 80.4 Å². The van der Waals surface area contributed by atoms with E-state index in [0.717, 1.165) is 0 Å². The Hall–Kier alpha value is -1.29. The second-order valence-electron chi connectivity index (χ2n) is 2.66. The maximum atomic E-state index is 10.8. The molecule has 1 heterocycles. The first-order valence-corrected chi connectivity index (χ1v) is 3.99. The van der Waals surface area contributed by atoms with Gasteiger partial charge in [0, 0.05) is 10.6 Å². The normalized spacial score (nSPS) is 10.0. The molecule has 1 N–H and O–H groups in total. The Morgan fingerprint density at radius 2 is 2.46 bits per heavy atom. The third kappa shape index (κ3) is 2.09. The quantitative estimate of drug-likeness (QED) is 0.807. The summed E-state index contributed by atoms with van der Waals surface area (Å²) < 4.78 is 1.31. The van der Waals surface area contributed by atoms with Gasteiger partial charge >= 0.3 is 5.97 Å². The molecule has 0 radical (unpaired) electrons. The minimum absolute atomic E-state index is 0.154. The Morgan fingerprint density at radius 1 is 1.85 bits per heavy atom. The van der Waals surface area contributed by atoms with Gasteiger partial charge in [-0.3, -0.25) is 4.68 Å². The highest BCUT2D eigenvalue weighted by Gasteiger charge is 2.14. The van der Waals surface area contributed by atoms with E-state index in [4.69, 9.17) is 16.7 Å². The second kappa shape index (κ2) is 3.62. The molecule has 0 fully saturated rings. The van der Waals surface area contributed by atoms with E-state index in [1.165, 1.54) is 10.9 Å². The largest absolute Gasteiger partial charge is 0.477 e. The zero-order valence-electron chi connectivity index (χ0n) is 7.12. The Balaban J connectivity index is 3.07. The van der Waals surface area contributed by atoms with Crippen molar-refractivity contribution in [3.8, 4) is 0 Å². The number of aryl methyl sites for hydroxylation is 1. The molecule has 1 aromatic rings. The molecule has 0 saturated carbocycles. The number of halogens is 1. The number of carboxylic acids is 1. The molecule has 0 bridgehead atoms. The lowest BCUT2D eigenvalue weighted by Gasteiger charge is -2.02. The van der Waals surface area contributed by atoms with Crippen LogP contribution in [0.4, 0.5) is 0 Å². The summed E-state index contributed by atoms with van der Waals surface area (Å²) in [5.74, 6) is -1.01. The van der Waals surface area contributed by atoms with Crippen LogP contribution in [0.3, 0.4) is 0 Å². The van der Waals surface area contributed by atoms with Crippen LogP contribution in [0.1, 0.15) is 16.1 Å². The second-order valence-corrected chi connectivity index (χ2v) is 3.19. The third-order valence-electron chi connectivity index (χ3n) is 1.55. The molecule has 0 aliphatic carbocycles. The summed E-state index contributed by atoms with van der Waals surface area (Å²) in [4.78, 5) is 10.8. The average molecular weight is 201 g/mol. The molecule has 0 atom stereocenters. The van der Waals surface area contributed by atoms with E-state index in [0.29, 0.717) is 10.6 Å². The van der Waals surface area contributed by atoms with Crippen LogP contribution in [-0.2, 0) is 6.54 Å². The molecular formula is C8H9ClN2O2. The van der Waals surface area contributed by atoms with E-state index >= 15 is 0 Å². The highest BCUT2D eigenvalue weighted by atomic mass is 35.5. The van der Waals surface area contributed by atoms with Gasteiger partial charge in [0.15, 0.2) is 0 Å². The van der Waals surface area contributed by atoms with Crippen LogP contribution in [0.2, 0.25) is 0 Å². The van der Waals surface area contributed by atoms with Crippen molar-refractivity contribution in [2.45, 2.75) is 13.5 Å². The summed E-state index contributed by atoms with van der Waals surface area (Å²) in [5.41, 5.74) is 0.771. The lowest BCUT2D eigenvalue weighted by atomic mass is 10.3. The SMILES string of the molecule is C=C(Cl)Cn1ncc(C)c1C(=O)O. The summed E-state index contributed by atoms with van der Waals surface area (Å²) >= 11 is 5.55. The van der Waals surface area contributed by atoms with Crippen molar-refractivity contribution >= 4 is 17.6 Å². The molecule has 0 unspecified atom stereocenters. The number of carboxylic acid groups (broad SMARTS) is 1. The average Bonchev–Trinajstić information content (AvgIpc) is 2.30. The minimum Gasteiger partial charge on any atom is -0.477 e. The molecule has 13 heavy (non-hydrogen) atoms. The van der Waals surface area contributed by atoms with Crippen LogP contribution in [0.15, 0.2) is 17.8 Å². The molecule has 5 heteroatoms. The molecule has 0 aromatic carbocycles.